The predicted octanol–water partition coefficient (Wildman–Crippen LogP) is 2.72. The van der Waals surface area contributed by atoms with Gasteiger partial charge in [-0.25, -0.2) is 13.2 Å². The molecule has 0 radical (unpaired) electrons. The number of nitrogens with zero attached hydrogens (tertiary/aromatic N) is 3. The molecule has 1 amide bonds. The van der Waals surface area contributed by atoms with Gasteiger partial charge in [0.15, 0.2) is 11.5 Å². The van der Waals surface area contributed by atoms with Crippen LogP contribution in [0.3, 0.4) is 0 Å². The van der Waals surface area contributed by atoms with Crippen molar-refractivity contribution in [2.75, 3.05) is 18.7 Å². The Morgan fingerprint density at radius 1 is 1.15 bits per heavy atom. The highest BCUT2D eigenvalue weighted by Crippen LogP contribution is 2.30. The number of carbonyl (C=O) groups excluding carboxylic acids is 2. The first-order valence-corrected chi connectivity index (χ1v) is 11.8. The SMILES string of the molecule is COc1cc(/C=C(/C#N)C(=O)Nc2nc(S(C)(=O)=O)ns2)ccc1OC(=O)c1ccccc1. The molecular formula is C21H16N4O6S2. The maximum Gasteiger partial charge on any atom is 0.343 e. The Kier molecular flexibility index (Phi) is 7.17. The van der Waals surface area contributed by atoms with Gasteiger partial charge in [0.25, 0.3) is 11.1 Å². The Balaban J connectivity index is 1.79. The van der Waals surface area contributed by atoms with E-state index in [2.05, 4.69) is 14.7 Å². The molecule has 3 rings (SSSR count). The van der Waals surface area contributed by atoms with Gasteiger partial charge in [-0.1, -0.05) is 24.3 Å². The van der Waals surface area contributed by atoms with E-state index < -0.39 is 26.9 Å². The quantitative estimate of drug-likeness (QED) is 0.231. The predicted molar refractivity (Wildman–Crippen MR) is 120 cm³/mol. The van der Waals surface area contributed by atoms with Crippen LogP contribution in [0, 0.1) is 11.3 Å². The van der Waals surface area contributed by atoms with Crippen molar-refractivity contribution in [3.05, 3.63) is 65.2 Å². The average molecular weight is 485 g/mol. The van der Waals surface area contributed by atoms with Gasteiger partial charge in [0.1, 0.15) is 11.6 Å². The van der Waals surface area contributed by atoms with Crippen LogP contribution in [0.4, 0.5) is 5.13 Å². The second-order valence-corrected chi connectivity index (χ2v) is 9.11. The fourth-order valence-corrected chi connectivity index (χ4v) is 3.92. The van der Waals surface area contributed by atoms with Crippen molar-refractivity contribution in [2.45, 2.75) is 5.16 Å². The first-order valence-electron chi connectivity index (χ1n) is 9.13. The van der Waals surface area contributed by atoms with Gasteiger partial charge in [0.05, 0.1) is 12.7 Å². The van der Waals surface area contributed by atoms with Crippen molar-refractivity contribution in [1.82, 2.24) is 9.36 Å². The number of rotatable bonds is 7. The molecule has 10 nitrogen and oxygen atoms in total. The van der Waals surface area contributed by atoms with Crippen LogP contribution >= 0.6 is 11.5 Å². The molecule has 12 heteroatoms. The van der Waals surface area contributed by atoms with Gasteiger partial charge >= 0.3 is 5.97 Å². The van der Waals surface area contributed by atoms with Crippen LogP contribution in [0.25, 0.3) is 6.08 Å². The molecule has 0 aliphatic rings. The molecule has 1 heterocycles. The van der Waals surface area contributed by atoms with Crippen LogP contribution in [-0.2, 0) is 14.6 Å². The van der Waals surface area contributed by atoms with Gasteiger partial charge in [-0.15, -0.1) is 0 Å². The molecule has 0 unspecified atom stereocenters. The van der Waals surface area contributed by atoms with Crippen LogP contribution in [0.5, 0.6) is 11.5 Å². The molecule has 0 fully saturated rings. The highest BCUT2D eigenvalue weighted by atomic mass is 32.2. The van der Waals surface area contributed by atoms with Gasteiger partial charge in [-0.3, -0.25) is 10.1 Å². The molecule has 33 heavy (non-hydrogen) atoms. The molecule has 0 aliphatic heterocycles. The summed E-state index contributed by atoms with van der Waals surface area (Å²) in [5, 5.41) is 11.2. The number of carbonyl (C=O) groups is 2. The third-order valence-electron chi connectivity index (χ3n) is 4.04. The molecule has 1 aromatic heterocycles. The Bertz CT molecular complexity index is 1380. The summed E-state index contributed by atoms with van der Waals surface area (Å²) in [7, 11) is -2.24. The van der Waals surface area contributed by atoms with Crippen LogP contribution in [-0.4, -0.2) is 43.0 Å². The normalized spacial score (nSPS) is 11.4. The third-order valence-corrected chi connectivity index (χ3v) is 5.63. The fourth-order valence-electron chi connectivity index (χ4n) is 2.48. The van der Waals surface area contributed by atoms with Crippen LogP contribution in [0.15, 0.2) is 59.3 Å². The zero-order valence-corrected chi connectivity index (χ0v) is 18.9. The number of hydrogen-bond donors (Lipinski definition) is 1. The van der Waals surface area contributed by atoms with E-state index in [9.17, 15) is 23.3 Å². The van der Waals surface area contributed by atoms with Gasteiger partial charge in [0.2, 0.25) is 15.0 Å². The third kappa shape index (κ3) is 6.00. The van der Waals surface area contributed by atoms with Crippen molar-refractivity contribution < 1.29 is 27.5 Å². The summed E-state index contributed by atoms with van der Waals surface area (Å²) < 4.78 is 37.2. The van der Waals surface area contributed by atoms with Crippen LogP contribution < -0.4 is 14.8 Å². The number of benzene rings is 2. The number of anilines is 1. The molecule has 2 aromatic carbocycles. The van der Waals surface area contributed by atoms with E-state index in [-0.39, 0.29) is 22.2 Å². The number of aromatic nitrogens is 2. The molecule has 0 saturated heterocycles. The summed E-state index contributed by atoms with van der Waals surface area (Å²) in [6.45, 7) is 0. The molecule has 0 aliphatic carbocycles. The van der Waals surface area contributed by atoms with Crippen molar-refractivity contribution in [1.29, 1.82) is 5.26 Å². The van der Waals surface area contributed by atoms with Crippen molar-refractivity contribution in [2.24, 2.45) is 0 Å². The number of nitrogens with one attached hydrogen (secondary N) is 1. The zero-order valence-electron chi connectivity index (χ0n) is 17.3. The Labute approximate surface area is 193 Å². The van der Waals surface area contributed by atoms with Crippen molar-refractivity contribution in [3.8, 4) is 17.6 Å². The zero-order chi connectivity index (χ0) is 24.0. The number of nitriles is 1. The maximum absolute atomic E-state index is 12.4. The summed E-state index contributed by atoms with van der Waals surface area (Å²) >= 11 is 0.673. The monoisotopic (exact) mass is 484 g/mol. The summed E-state index contributed by atoms with van der Waals surface area (Å²) in [6, 6.07) is 14.7. The summed E-state index contributed by atoms with van der Waals surface area (Å²) in [4.78, 5) is 28.4. The molecular weight excluding hydrogens is 468 g/mol. The Hall–Kier alpha value is -4.08. The fraction of sp³-hybridized carbons (Fsp3) is 0.0952. The second-order valence-electron chi connectivity index (χ2n) is 6.44. The molecule has 0 saturated carbocycles. The van der Waals surface area contributed by atoms with Gasteiger partial charge in [-0.05, 0) is 35.9 Å². The van der Waals surface area contributed by atoms with Gasteiger partial charge in [-0.2, -0.15) is 14.6 Å². The standard InChI is InChI=1S/C21H16N4O6S2/c1-30-17-11-13(8-9-16(17)31-19(27)14-6-4-3-5-7-14)10-15(12-22)18(26)23-20-24-21(25-32-20)33(2,28)29/h3-11H,1-2H3,(H,23,24,25,26)/b15-10-. The maximum atomic E-state index is 12.4. The van der Waals surface area contributed by atoms with E-state index in [1.54, 1.807) is 36.4 Å². The lowest BCUT2D eigenvalue weighted by atomic mass is 10.1. The van der Waals surface area contributed by atoms with Crippen molar-refractivity contribution in [3.63, 3.8) is 0 Å². The van der Waals surface area contributed by atoms with E-state index in [0.29, 0.717) is 22.7 Å². The van der Waals surface area contributed by atoms with Crippen molar-refractivity contribution >= 4 is 44.5 Å². The topological polar surface area (TPSA) is 148 Å². The number of hydrogen-bond acceptors (Lipinski definition) is 10. The van der Waals surface area contributed by atoms with Gasteiger partial charge < -0.3 is 9.47 Å². The van der Waals surface area contributed by atoms with Crippen LogP contribution in [0.1, 0.15) is 15.9 Å². The lowest BCUT2D eigenvalue weighted by Gasteiger charge is -2.10. The van der Waals surface area contributed by atoms with E-state index >= 15 is 0 Å². The number of ether oxygens (including phenoxy) is 2. The summed E-state index contributed by atoms with van der Waals surface area (Å²) in [6.07, 6.45) is 2.23. The molecule has 1 N–H and O–H groups in total. The van der Waals surface area contributed by atoms with E-state index in [1.165, 1.54) is 31.4 Å². The smallest absolute Gasteiger partial charge is 0.343 e. The molecule has 3 aromatic rings. The minimum absolute atomic E-state index is 0.0673. The highest BCUT2D eigenvalue weighted by Gasteiger charge is 2.18. The number of esters is 1. The van der Waals surface area contributed by atoms with Crippen LogP contribution in [0.2, 0.25) is 0 Å². The first-order chi connectivity index (χ1) is 15.7. The highest BCUT2D eigenvalue weighted by molar-refractivity contribution is 7.90. The largest absolute Gasteiger partial charge is 0.493 e. The number of methoxy groups -OCH3 is 1. The van der Waals surface area contributed by atoms with E-state index in [1.807, 2.05) is 0 Å². The Morgan fingerprint density at radius 3 is 2.48 bits per heavy atom. The summed E-state index contributed by atoms with van der Waals surface area (Å²) in [5.74, 6) is -0.992. The number of sulfone groups is 1. The second kappa shape index (κ2) is 10.0. The lowest BCUT2D eigenvalue weighted by molar-refractivity contribution is -0.112. The van der Waals surface area contributed by atoms with E-state index in [0.717, 1.165) is 6.26 Å². The van der Waals surface area contributed by atoms with E-state index in [4.69, 9.17) is 9.47 Å². The summed E-state index contributed by atoms with van der Waals surface area (Å²) in [5.41, 5.74) is 0.511. The lowest BCUT2D eigenvalue weighted by Crippen LogP contribution is -2.13. The number of amides is 1. The molecule has 0 atom stereocenters. The molecule has 168 valence electrons. The average Bonchev–Trinajstić information content (AvgIpc) is 3.27. The molecule has 0 spiro atoms. The Morgan fingerprint density at radius 2 is 1.88 bits per heavy atom. The van der Waals surface area contributed by atoms with Gasteiger partial charge in [0, 0.05) is 17.8 Å². The minimum Gasteiger partial charge on any atom is -0.493 e. The first kappa shape index (κ1) is 23.6. The molecule has 0 bridgehead atoms. The minimum atomic E-state index is -3.62.